The number of aromatic nitrogens is 1. The molecule has 0 atom stereocenters. The molecule has 0 amide bonds. The van der Waals surface area contributed by atoms with Crippen molar-refractivity contribution in [3.05, 3.63) is 17.8 Å². The van der Waals surface area contributed by atoms with E-state index in [-0.39, 0.29) is 0 Å². The van der Waals surface area contributed by atoms with Crippen LogP contribution in [0.2, 0.25) is 0 Å². The van der Waals surface area contributed by atoms with Crippen LogP contribution in [0.1, 0.15) is 12.0 Å². The maximum atomic E-state index is 5.89. The lowest BCUT2D eigenvalue weighted by Gasteiger charge is -2.19. The molecule has 1 aromatic rings. The van der Waals surface area contributed by atoms with E-state index in [9.17, 15) is 0 Å². The van der Waals surface area contributed by atoms with Crippen molar-refractivity contribution in [2.45, 2.75) is 13.3 Å². The standard InChI is InChI=1S/C11H19N3O/c1-9-7-10(12)11(13-8-9)14(2)5-4-6-15-3/h7-8H,4-6,12H2,1-3H3. The lowest BCUT2D eigenvalue weighted by molar-refractivity contribution is 0.196. The minimum Gasteiger partial charge on any atom is -0.396 e. The van der Waals surface area contributed by atoms with Gasteiger partial charge >= 0.3 is 0 Å². The molecule has 2 N–H and O–H groups in total. The second-order valence-corrected chi connectivity index (χ2v) is 3.69. The molecule has 0 bridgehead atoms. The Kier molecular flexibility index (Phi) is 4.37. The fourth-order valence-corrected chi connectivity index (χ4v) is 1.46. The van der Waals surface area contributed by atoms with Crippen molar-refractivity contribution in [1.29, 1.82) is 0 Å². The lowest BCUT2D eigenvalue weighted by atomic mass is 10.2. The highest BCUT2D eigenvalue weighted by Gasteiger charge is 2.06. The summed E-state index contributed by atoms with van der Waals surface area (Å²) in [5.41, 5.74) is 7.71. The zero-order valence-corrected chi connectivity index (χ0v) is 9.66. The molecule has 0 aromatic carbocycles. The van der Waals surface area contributed by atoms with Gasteiger partial charge in [0.2, 0.25) is 0 Å². The summed E-state index contributed by atoms with van der Waals surface area (Å²) in [7, 11) is 3.70. The molecule has 0 fully saturated rings. The van der Waals surface area contributed by atoms with Crippen molar-refractivity contribution in [2.75, 3.05) is 37.9 Å². The highest BCUT2D eigenvalue weighted by atomic mass is 16.5. The molecule has 4 nitrogen and oxygen atoms in total. The Morgan fingerprint density at radius 2 is 2.27 bits per heavy atom. The van der Waals surface area contributed by atoms with E-state index >= 15 is 0 Å². The normalized spacial score (nSPS) is 10.3. The summed E-state index contributed by atoms with van der Waals surface area (Å²) in [6.07, 6.45) is 2.81. The summed E-state index contributed by atoms with van der Waals surface area (Å²) in [5, 5.41) is 0. The van der Waals surface area contributed by atoms with Gasteiger partial charge in [-0.05, 0) is 25.0 Å². The number of hydrogen-bond acceptors (Lipinski definition) is 4. The minimum atomic E-state index is 0.731. The summed E-state index contributed by atoms with van der Waals surface area (Å²) in [6, 6.07) is 1.94. The predicted octanol–water partition coefficient (Wildman–Crippen LogP) is 1.44. The van der Waals surface area contributed by atoms with E-state index in [1.165, 1.54) is 0 Å². The largest absolute Gasteiger partial charge is 0.396 e. The monoisotopic (exact) mass is 209 g/mol. The van der Waals surface area contributed by atoms with E-state index in [4.69, 9.17) is 10.5 Å². The Bertz CT molecular complexity index is 315. The maximum Gasteiger partial charge on any atom is 0.151 e. The number of aryl methyl sites for hydroxylation is 1. The van der Waals surface area contributed by atoms with Crippen LogP contribution < -0.4 is 10.6 Å². The molecule has 0 unspecified atom stereocenters. The predicted molar refractivity (Wildman–Crippen MR) is 63.1 cm³/mol. The van der Waals surface area contributed by atoms with Gasteiger partial charge in [-0.15, -0.1) is 0 Å². The molecule has 84 valence electrons. The third kappa shape index (κ3) is 3.40. The van der Waals surface area contributed by atoms with Crippen LogP contribution in [0, 0.1) is 6.92 Å². The van der Waals surface area contributed by atoms with Crippen LogP contribution in [0.5, 0.6) is 0 Å². The Labute approximate surface area is 91.1 Å². The summed E-state index contributed by atoms with van der Waals surface area (Å²) in [5.74, 6) is 0.844. The number of hydrogen-bond donors (Lipinski definition) is 1. The number of pyridine rings is 1. The van der Waals surface area contributed by atoms with Gasteiger partial charge in [-0.25, -0.2) is 4.98 Å². The molecule has 0 aliphatic heterocycles. The molecule has 0 radical (unpaired) electrons. The molecular formula is C11H19N3O. The van der Waals surface area contributed by atoms with Gasteiger partial charge in [0.25, 0.3) is 0 Å². The first kappa shape index (κ1) is 11.8. The highest BCUT2D eigenvalue weighted by Crippen LogP contribution is 2.19. The zero-order chi connectivity index (χ0) is 11.3. The van der Waals surface area contributed by atoms with Crippen molar-refractivity contribution in [1.82, 2.24) is 4.98 Å². The molecular weight excluding hydrogens is 190 g/mol. The SMILES string of the molecule is COCCCN(C)c1ncc(C)cc1N. The van der Waals surface area contributed by atoms with Crippen molar-refractivity contribution >= 4 is 11.5 Å². The third-order valence-electron chi connectivity index (χ3n) is 2.24. The molecule has 4 heteroatoms. The van der Waals surface area contributed by atoms with Gasteiger partial charge in [0, 0.05) is 33.5 Å². The number of nitrogens with two attached hydrogens (primary N) is 1. The number of nitrogen functional groups attached to an aromatic ring is 1. The van der Waals surface area contributed by atoms with E-state index < -0.39 is 0 Å². The molecule has 1 heterocycles. The molecule has 0 spiro atoms. The van der Waals surface area contributed by atoms with Gasteiger partial charge in [-0.1, -0.05) is 0 Å². The maximum absolute atomic E-state index is 5.89. The summed E-state index contributed by atoms with van der Waals surface area (Å²) in [6.45, 7) is 3.64. The second kappa shape index (κ2) is 5.56. The van der Waals surface area contributed by atoms with Crippen molar-refractivity contribution in [2.24, 2.45) is 0 Å². The molecule has 1 aromatic heterocycles. The van der Waals surface area contributed by atoms with E-state index in [0.717, 1.165) is 36.6 Å². The van der Waals surface area contributed by atoms with Crippen LogP contribution in [0.3, 0.4) is 0 Å². The van der Waals surface area contributed by atoms with E-state index in [1.54, 1.807) is 7.11 Å². The summed E-state index contributed by atoms with van der Waals surface area (Å²) in [4.78, 5) is 6.37. The first-order valence-electron chi connectivity index (χ1n) is 5.07. The van der Waals surface area contributed by atoms with Crippen LogP contribution in [-0.4, -0.2) is 32.3 Å². The Morgan fingerprint density at radius 1 is 1.53 bits per heavy atom. The van der Waals surface area contributed by atoms with E-state index in [2.05, 4.69) is 4.98 Å². The van der Waals surface area contributed by atoms with Crippen LogP contribution in [-0.2, 0) is 4.74 Å². The smallest absolute Gasteiger partial charge is 0.151 e. The number of methoxy groups -OCH3 is 1. The van der Waals surface area contributed by atoms with Gasteiger partial charge < -0.3 is 15.4 Å². The zero-order valence-electron chi connectivity index (χ0n) is 9.66. The molecule has 15 heavy (non-hydrogen) atoms. The van der Waals surface area contributed by atoms with Crippen LogP contribution in [0.25, 0.3) is 0 Å². The van der Waals surface area contributed by atoms with Crippen LogP contribution in [0.15, 0.2) is 12.3 Å². The quantitative estimate of drug-likeness (QED) is 0.746. The molecule has 1 rings (SSSR count). The number of nitrogens with zero attached hydrogens (tertiary/aromatic N) is 2. The first-order valence-corrected chi connectivity index (χ1v) is 5.07. The van der Waals surface area contributed by atoms with Crippen molar-refractivity contribution in [3.8, 4) is 0 Å². The number of ether oxygens (including phenoxy) is 1. The van der Waals surface area contributed by atoms with E-state index in [1.807, 2.05) is 31.1 Å². The Hall–Kier alpha value is -1.29. The fourth-order valence-electron chi connectivity index (χ4n) is 1.46. The fraction of sp³-hybridized carbons (Fsp3) is 0.545. The molecule has 0 saturated heterocycles. The molecule has 0 aliphatic carbocycles. The number of rotatable bonds is 5. The number of anilines is 2. The summed E-state index contributed by atoms with van der Waals surface area (Å²) < 4.78 is 5.00. The van der Waals surface area contributed by atoms with E-state index in [0.29, 0.717) is 0 Å². The first-order chi connectivity index (χ1) is 7.15. The average Bonchev–Trinajstić information content (AvgIpc) is 2.17. The van der Waals surface area contributed by atoms with Gasteiger partial charge in [0.1, 0.15) is 0 Å². The lowest BCUT2D eigenvalue weighted by Crippen LogP contribution is -2.22. The summed E-state index contributed by atoms with van der Waals surface area (Å²) >= 11 is 0. The Balaban J connectivity index is 2.61. The Morgan fingerprint density at radius 3 is 2.87 bits per heavy atom. The minimum absolute atomic E-state index is 0.731. The second-order valence-electron chi connectivity index (χ2n) is 3.69. The van der Waals surface area contributed by atoms with Crippen LogP contribution >= 0.6 is 0 Å². The van der Waals surface area contributed by atoms with Crippen molar-refractivity contribution < 1.29 is 4.74 Å². The van der Waals surface area contributed by atoms with Gasteiger partial charge in [-0.2, -0.15) is 0 Å². The van der Waals surface area contributed by atoms with Gasteiger partial charge in [0.05, 0.1) is 5.69 Å². The van der Waals surface area contributed by atoms with Crippen molar-refractivity contribution in [3.63, 3.8) is 0 Å². The van der Waals surface area contributed by atoms with Crippen LogP contribution in [0.4, 0.5) is 11.5 Å². The van der Waals surface area contributed by atoms with Gasteiger partial charge in [0.15, 0.2) is 5.82 Å². The highest BCUT2D eigenvalue weighted by molar-refractivity contribution is 5.62. The average molecular weight is 209 g/mol. The molecule has 0 aliphatic rings. The topological polar surface area (TPSA) is 51.4 Å². The molecule has 0 saturated carbocycles. The van der Waals surface area contributed by atoms with Gasteiger partial charge in [-0.3, -0.25) is 0 Å². The third-order valence-corrected chi connectivity index (χ3v) is 2.24.